The number of hydrogen-bond acceptors (Lipinski definition) is 2. The Labute approximate surface area is 154 Å². The maximum absolute atomic E-state index is 12.5. The first-order valence-electron chi connectivity index (χ1n) is 9.01. The van der Waals surface area contributed by atoms with Crippen molar-refractivity contribution in [3.63, 3.8) is 0 Å². The van der Waals surface area contributed by atoms with Crippen LogP contribution in [0.1, 0.15) is 31.4 Å². The van der Waals surface area contributed by atoms with Crippen molar-refractivity contribution < 1.29 is 4.79 Å². The zero-order chi connectivity index (χ0) is 18.4. The van der Waals surface area contributed by atoms with Crippen LogP contribution in [-0.4, -0.2) is 11.6 Å². The maximum atomic E-state index is 12.5. The van der Waals surface area contributed by atoms with Crippen molar-refractivity contribution in [2.24, 2.45) is 11.0 Å². The van der Waals surface area contributed by atoms with E-state index in [9.17, 15) is 4.79 Å². The second kappa shape index (κ2) is 8.43. The Balaban J connectivity index is 1.76. The highest BCUT2D eigenvalue weighted by molar-refractivity contribution is 6.01. The van der Waals surface area contributed by atoms with E-state index in [0.29, 0.717) is 12.3 Å². The van der Waals surface area contributed by atoms with E-state index in [1.807, 2.05) is 54.6 Å². The van der Waals surface area contributed by atoms with Crippen molar-refractivity contribution in [1.29, 1.82) is 0 Å². The van der Waals surface area contributed by atoms with Gasteiger partial charge < -0.3 is 0 Å². The Hall–Kier alpha value is -2.94. The van der Waals surface area contributed by atoms with E-state index in [1.165, 1.54) is 0 Å². The van der Waals surface area contributed by atoms with Gasteiger partial charge in [-0.3, -0.25) is 4.79 Å². The molecule has 26 heavy (non-hydrogen) atoms. The molecule has 0 atom stereocenters. The second-order valence-corrected chi connectivity index (χ2v) is 6.87. The highest BCUT2D eigenvalue weighted by Crippen LogP contribution is 2.19. The lowest BCUT2D eigenvalue weighted by Crippen LogP contribution is -2.22. The van der Waals surface area contributed by atoms with Crippen LogP contribution in [-0.2, 0) is 11.2 Å². The number of hydrogen-bond donors (Lipinski definition) is 1. The van der Waals surface area contributed by atoms with E-state index in [0.717, 1.165) is 34.0 Å². The highest BCUT2D eigenvalue weighted by atomic mass is 16.2. The van der Waals surface area contributed by atoms with Gasteiger partial charge in [0.05, 0.1) is 12.1 Å². The third kappa shape index (κ3) is 4.57. The molecular formula is C23H24N2O. The Kier molecular flexibility index (Phi) is 5.80. The molecule has 0 unspecified atom stereocenters. The number of nitrogens with one attached hydrogen (secondary N) is 1. The van der Waals surface area contributed by atoms with E-state index in [-0.39, 0.29) is 5.91 Å². The molecule has 0 bridgehead atoms. The molecular weight excluding hydrogens is 320 g/mol. The van der Waals surface area contributed by atoms with Gasteiger partial charge in [0.15, 0.2) is 0 Å². The molecule has 132 valence electrons. The summed E-state index contributed by atoms with van der Waals surface area (Å²) < 4.78 is 0. The molecule has 0 aliphatic rings. The summed E-state index contributed by atoms with van der Waals surface area (Å²) in [6, 6.07) is 24.2. The standard InChI is InChI=1S/C23H24N2O/c1-17(2)15-22(19-10-4-3-5-11-19)24-25-23(26)16-20-13-8-12-18-9-6-7-14-21(18)20/h3-14,17H,15-16H2,1-2H3,(H,25,26). The molecule has 3 rings (SSSR count). The molecule has 3 heteroatoms. The number of hydrazone groups is 1. The van der Waals surface area contributed by atoms with Gasteiger partial charge in [-0.25, -0.2) is 5.43 Å². The third-order valence-corrected chi connectivity index (χ3v) is 4.26. The smallest absolute Gasteiger partial charge is 0.244 e. The second-order valence-electron chi connectivity index (χ2n) is 6.87. The van der Waals surface area contributed by atoms with Crippen LogP contribution in [0.3, 0.4) is 0 Å². The summed E-state index contributed by atoms with van der Waals surface area (Å²) >= 11 is 0. The minimum Gasteiger partial charge on any atom is -0.273 e. The van der Waals surface area contributed by atoms with Crippen LogP contribution in [0.25, 0.3) is 10.8 Å². The number of carbonyl (C=O) groups is 1. The van der Waals surface area contributed by atoms with E-state index in [2.05, 4.69) is 42.6 Å². The van der Waals surface area contributed by atoms with Crippen LogP contribution in [0.5, 0.6) is 0 Å². The van der Waals surface area contributed by atoms with E-state index in [4.69, 9.17) is 0 Å². The Morgan fingerprint density at radius 3 is 2.38 bits per heavy atom. The molecule has 3 aromatic carbocycles. The van der Waals surface area contributed by atoms with Gasteiger partial charge in [0.25, 0.3) is 0 Å². The van der Waals surface area contributed by atoms with Crippen molar-refractivity contribution in [3.05, 3.63) is 83.9 Å². The van der Waals surface area contributed by atoms with Crippen LogP contribution in [0, 0.1) is 5.92 Å². The van der Waals surface area contributed by atoms with Crippen LogP contribution >= 0.6 is 0 Å². The topological polar surface area (TPSA) is 41.5 Å². The number of carbonyl (C=O) groups excluding carboxylic acids is 1. The Morgan fingerprint density at radius 1 is 0.923 bits per heavy atom. The summed E-state index contributed by atoms with van der Waals surface area (Å²) in [4.78, 5) is 12.5. The molecule has 0 fully saturated rings. The van der Waals surface area contributed by atoms with E-state index >= 15 is 0 Å². The minimum absolute atomic E-state index is 0.0986. The van der Waals surface area contributed by atoms with Crippen molar-refractivity contribution in [2.75, 3.05) is 0 Å². The van der Waals surface area contributed by atoms with E-state index < -0.39 is 0 Å². The van der Waals surface area contributed by atoms with Crippen LogP contribution in [0.15, 0.2) is 77.9 Å². The number of amides is 1. The highest BCUT2D eigenvalue weighted by Gasteiger charge is 2.09. The fourth-order valence-corrected chi connectivity index (χ4v) is 3.03. The summed E-state index contributed by atoms with van der Waals surface area (Å²) in [7, 11) is 0. The predicted octanol–water partition coefficient (Wildman–Crippen LogP) is 4.95. The van der Waals surface area contributed by atoms with Gasteiger partial charge in [0.2, 0.25) is 5.91 Å². The molecule has 1 N–H and O–H groups in total. The number of benzene rings is 3. The fraction of sp³-hybridized carbons (Fsp3) is 0.217. The summed E-state index contributed by atoms with van der Waals surface area (Å²) in [6.07, 6.45) is 1.13. The zero-order valence-electron chi connectivity index (χ0n) is 15.3. The SMILES string of the molecule is CC(C)CC(=NNC(=O)Cc1cccc2ccccc12)c1ccccc1. The largest absolute Gasteiger partial charge is 0.273 e. The van der Waals surface area contributed by atoms with Crippen molar-refractivity contribution in [2.45, 2.75) is 26.7 Å². The molecule has 3 aromatic rings. The third-order valence-electron chi connectivity index (χ3n) is 4.26. The minimum atomic E-state index is -0.0986. The zero-order valence-corrected chi connectivity index (χ0v) is 15.3. The van der Waals surface area contributed by atoms with Gasteiger partial charge in [-0.1, -0.05) is 86.6 Å². The first kappa shape index (κ1) is 17.9. The van der Waals surface area contributed by atoms with Crippen LogP contribution in [0.4, 0.5) is 0 Å². The molecule has 0 saturated heterocycles. The molecule has 1 amide bonds. The maximum Gasteiger partial charge on any atom is 0.244 e. The lowest BCUT2D eigenvalue weighted by Gasteiger charge is -2.10. The molecule has 0 heterocycles. The molecule has 3 nitrogen and oxygen atoms in total. The number of rotatable bonds is 6. The Morgan fingerprint density at radius 2 is 1.62 bits per heavy atom. The van der Waals surface area contributed by atoms with Crippen molar-refractivity contribution >= 4 is 22.4 Å². The van der Waals surface area contributed by atoms with Gasteiger partial charge in [0, 0.05) is 0 Å². The molecule has 0 aromatic heterocycles. The summed E-state index contributed by atoms with van der Waals surface area (Å²) in [5, 5.41) is 6.68. The molecule has 0 aliphatic heterocycles. The van der Waals surface area contributed by atoms with Gasteiger partial charge in [-0.05, 0) is 34.2 Å². The number of fused-ring (bicyclic) bond motifs is 1. The average molecular weight is 344 g/mol. The lowest BCUT2D eigenvalue weighted by atomic mass is 10.0. The lowest BCUT2D eigenvalue weighted by molar-refractivity contribution is -0.120. The first-order valence-corrected chi connectivity index (χ1v) is 9.01. The summed E-state index contributed by atoms with van der Waals surface area (Å²) in [5.74, 6) is 0.363. The van der Waals surface area contributed by atoms with E-state index in [1.54, 1.807) is 0 Å². The first-order chi connectivity index (χ1) is 12.6. The van der Waals surface area contributed by atoms with Gasteiger partial charge in [0.1, 0.15) is 0 Å². The fourth-order valence-electron chi connectivity index (χ4n) is 3.03. The predicted molar refractivity (Wildman–Crippen MR) is 108 cm³/mol. The molecule has 0 radical (unpaired) electrons. The average Bonchev–Trinajstić information content (AvgIpc) is 2.66. The van der Waals surface area contributed by atoms with Gasteiger partial charge >= 0.3 is 0 Å². The van der Waals surface area contributed by atoms with Gasteiger partial charge in [-0.15, -0.1) is 0 Å². The molecule has 0 aliphatic carbocycles. The molecule has 0 saturated carbocycles. The summed E-state index contributed by atoms with van der Waals surface area (Å²) in [5.41, 5.74) is 5.72. The normalized spacial score (nSPS) is 11.7. The van der Waals surface area contributed by atoms with Crippen LogP contribution < -0.4 is 5.43 Å². The monoisotopic (exact) mass is 344 g/mol. The van der Waals surface area contributed by atoms with Gasteiger partial charge in [-0.2, -0.15) is 5.10 Å². The van der Waals surface area contributed by atoms with Crippen molar-refractivity contribution in [1.82, 2.24) is 5.43 Å². The Bertz CT molecular complexity index is 908. The van der Waals surface area contributed by atoms with Crippen molar-refractivity contribution in [3.8, 4) is 0 Å². The summed E-state index contributed by atoms with van der Waals surface area (Å²) in [6.45, 7) is 4.30. The van der Waals surface area contributed by atoms with Crippen LogP contribution in [0.2, 0.25) is 0 Å². The quantitative estimate of drug-likeness (QED) is 0.499. The number of nitrogens with zero attached hydrogens (tertiary/aromatic N) is 1. The molecule has 0 spiro atoms.